The number of rotatable bonds is 9. The van der Waals surface area contributed by atoms with Crippen LogP contribution in [-0.4, -0.2) is 25.3 Å². The lowest BCUT2D eigenvalue weighted by molar-refractivity contribution is 0.0271. The summed E-state index contributed by atoms with van der Waals surface area (Å²) in [4.78, 5) is 0. The summed E-state index contributed by atoms with van der Waals surface area (Å²) in [5, 5.41) is 3.60. The van der Waals surface area contributed by atoms with Gasteiger partial charge in [-0.15, -0.1) is 0 Å². The zero-order chi connectivity index (χ0) is 13.2. The van der Waals surface area contributed by atoms with E-state index in [2.05, 4.69) is 26.1 Å². The predicted octanol–water partition coefficient (Wildman–Crippen LogP) is 4.14. The van der Waals surface area contributed by atoms with E-state index < -0.39 is 0 Å². The lowest BCUT2D eigenvalue weighted by Gasteiger charge is -2.22. The molecule has 1 rings (SSSR count). The van der Waals surface area contributed by atoms with Crippen LogP contribution in [0.25, 0.3) is 0 Å². The predicted molar refractivity (Wildman–Crippen MR) is 79.0 cm³/mol. The zero-order valence-corrected chi connectivity index (χ0v) is 12.7. The minimum Gasteiger partial charge on any atom is -0.378 e. The molecule has 0 bridgehead atoms. The van der Waals surface area contributed by atoms with Crippen LogP contribution in [0.3, 0.4) is 0 Å². The molecule has 1 aliphatic rings. The van der Waals surface area contributed by atoms with E-state index in [9.17, 15) is 0 Å². The van der Waals surface area contributed by atoms with Crippen molar-refractivity contribution in [2.24, 2.45) is 5.92 Å². The third kappa shape index (κ3) is 8.10. The molecule has 0 aromatic carbocycles. The molecular weight excluding hydrogens is 222 g/mol. The largest absolute Gasteiger partial charge is 0.378 e. The summed E-state index contributed by atoms with van der Waals surface area (Å²) in [7, 11) is 0. The lowest BCUT2D eigenvalue weighted by atomic mass is 9.98. The number of ether oxygens (including phenoxy) is 1. The fourth-order valence-corrected chi connectivity index (χ4v) is 2.59. The van der Waals surface area contributed by atoms with Crippen LogP contribution in [0.4, 0.5) is 0 Å². The molecule has 0 aliphatic heterocycles. The SMILES string of the molecule is CC(C)CCC(C)NCCCOC1CCCCC1. The Labute approximate surface area is 114 Å². The maximum absolute atomic E-state index is 5.92. The number of nitrogens with one attached hydrogen (secondary N) is 1. The molecule has 1 aliphatic carbocycles. The number of hydrogen-bond donors (Lipinski definition) is 1. The van der Waals surface area contributed by atoms with Crippen molar-refractivity contribution >= 4 is 0 Å². The average Bonchev–Trinajstić information content (AvgIpc) is 2.37. The molecule has 1 unspecified atom stereocenters. The van der Waals surface area contributed by atoms with Gasteiger partial charge in [0.25, 0.3) is 0 Å². The smallest absolute Gasteiger partial charge is 0.0575 e. The normalized spacial score (nSPS) is 19.3. The van der Waals surface area contributed by atoms with Crippen molar-refractivity contribution in [1.29, 1.82) is 0 Å². The highest BCUT2D eigenvalue weighted by molar-refractivity contribution is 4.66. The Morgan fingerprint density at radius 2 is 1.78 bits per heavy atom. The summed E-state index contributed by atoms with van der Waals surface area (Å²) in [6.07, 6.45) is 11.1. The van der Waals surface area contributed by atoms with Gasteiger partial charge in [-0.2, -0.15) is 0 Å². The molecule has 2 nitrogen and oxygen atoms in total. The van der Waals surface area contributed by atoms with E-state index in [-0.39, 0.29) is 0 Å². The first-order valence-corrected chi connectivity index (χ1v) is 8.03. The Morgan fingerprint density at radius 1 is 1.06 bits per heavy atom. The van der Waals surface area contributed by atoms with Crippen LogP contribution in [0.15, 0.2) is 0 Å². The van der Waals surface area contributed by atoms with Crippen LogP contribution in [0.1, 0.15) is 72.1 Å². The van der Waals surface area contributed by atoms with Gasteiger partial charge in [0.2, 0.25) is 0 Å². The molecule has 2 heteroatoms. The van der Waals surface area contributed by atoms with Gasteiger partial charge in [-0.1, -0.05) is 33.1 Å². The van der Waals surface area contributed by atoms with Gasteiger partial charge in [0.1, 0.15) is 0 Å². The van der Waals surface area contributed by atoms with Crippen LogP contribution in [0, 0.1) is 5.92 Å². The molecule has 0 aromatic rings. The van der Waals surface area contributed by atoms with Crippen LogP contribution in [0.2, 0.25) is 0 Å². The second-order valence-electron chi connectivity index (χ2n) is 6.31. The minimum atomic E-state index is 0.567. The van der Waals surface area contributed by atoms with Crippen LogP contribution >= 0.6 is 0 Å². The first-order chi connectivity index (χ1) is 8.68. The summed E-state index contributed by atoms with van der Waals surface area (Å²) in [6, 6.07) is 0.655. The third-order valence-corrected chi connectivity index (χ3v) is 3.90. The first kappa shape index (κ1) is 16.0. The Balaban J connectivity index is 1.88. The van der Waals surface area contributed by atoms with Gasteiger partial charge >= 0.3 is 0 Å². The van der Waals surface area contributed by atoms with Gasteiger partial charge in [-0.05, 0) is 51.5 Å². The molecule has 1 atom stereocenters. The fraction of sp³-hybridized carbons (Fsp3) is 1.00. The van der Waals surface area contributed by atoms with E-state index in [1.807, 2.05) is 0 Å². The summed E-state index contributed by atoms with van der Waals surface area (Å²) in [6.45, 7) is 8.93. The van der Waals surface area contributed by atoms with Gasteiger partial charge in [0.15, 0.2) is 0 Å². The Kier molecular flexibility index (Phi) is 8.70. The molecule has 0 radical (unpaired) electrons. The molecule has 18 heavy (non-hydrogen) atoms. The zero-order valence-electron chi connectivity index (χ0n) is 12.7. The van der Waals surface area contributed by atoms with Gasteiger partial charge in [0.05, 0.1) is 6.10 Å². The van der Waals surface area contributed by atoms with E-state index in [4.69, 9.17) is 4.74 Å². The fourth-order valence-electron chi connectivity index (χ4n) is 2.59. The maximum atomic E-state index is 5.92. The second kappa shape index (κ2) is 9.80. The quantitative estimate of drug-likeness (QED) is 0.625. The monoisotopic (exact) mass is 255 g/mol. The highest BCUT2D eigenvalue weighted by Gasteiger charge is 2.13. The van der Waals surface area contributed by atoms with Gasteiger partial charge in [-0.25, -0.2) is 0 Å². The van der Waals surface area contributed by atoms with Crippen molar-refractivity contribution in [3.8, 4) is 0 Å². The average molecular weight is 255 g/mol. The van der Waals surface area contributed by atoms with Crippen LogP contribution in [-0.2, 0) is 4.74 Å². The van der Waals surface area contributed by atoms with Crippen molar-refractivity contribution < 1.29 is 4.74 Å². The van der Waals surface area contributed by atoms with Gasteiger partial charge in [-0.3, -0.25) is 0 Å². The Morgan fingerprint density at radius 3 is 2.44 bits per heavy atom. The molecular formula is C16H33NO. The van der Waals surface area contributed by atoms with Crippen LogP contribution < -0.4 is 5.32 Å². The van der Waals surface area contributed by atoms with E-state index >= 15 is 0 Å². The maximum Gasteiger partial charge on any atom is 0.0575 e. The van der Waals surface area contributed by atoms with Crippen molar-refractivity contribution in [3.63, 3.8) is 0 Å². The summed E-state index contributed by atoms with van der Waals surface area (Å²) >= 11 is 0. The van der Waals surface area contributed by atoms with E-state index in [0.29, 0.717) is 12.1 Å². The third-order valence-electron chi connectivity index (χ3n) is 3.90. The second-order valence-corrected chi connectivity index (χ2v) is 6.31. The van der Waals surface area contributed by atoms with E-state index in [0.717, 1.165) is 25.5 Å². The molecule has 0 spiro atoms. The molecule has 0 amide bonds. The van der Waals surface area contributed by atoms with Gasteiger partial charge in [0, 0.05) is 12.6 Å². The van der Waals surface area contributed by atoms with Crippen molar-refractivity contribution in [3.05, 3.63) is 0 Å². The van der Waals surface area contributed by atoms with Gasteiger partial charge < -0.3 is 10.1 Å². The van der Waals surface area contributed by atoms with E-state index in [1.165, 1.54) is 44.9 Å². The van der Waals surface area contributed by atoms with Crippen LogP contribution in [0.5, 0.6) is 0 Å². The summed E-state index contributed by atoms with van der Waals surface area (Å²) in [5.41, 5.74) is 0. The number of hydrogen-bond acceptors (Lipinski definition) is 2. The first-order valence-electron chi connectivity index (χ1n) is 8.03. The van der Waals surface area contributed by atoms with Crippen molar-refractivity contribution in [2.45, 2.75) is 84.3 Å². The topological polar surface area (TPSA) is 21.3 Å². The summed E-state index contributed by atoms with van der Waals surface area (Å²) in [5.74, 6) is 0.823. The molecule has 1 N–H and O–H groups in total. The molecule has 0 saturated heterocycles. The molecule has 108 valence electrons. The standard InChI is InChI=1S/C16H33NO/c1-14(2)10-11-15(3)17-12-7-13-18-16-8-5-4-6-9-16/h14-17H,4-13H2,1-3H3. The molecule has 1 fully saturated rings. The van der Waals surface area contributed by atoms with Crippen molar-refractivity contribution in [2.75, 3.05) is 13.2 Å². The lowest BCUT2D eigenvalue weighted by Crippen LogP contribution is -2.28. The minimum absolute atomic E-state index is 0.567. The molecule has 1 saturated carbocycles. The highest BCUT2D eigenvalue weighted by Crippen LogP contribution is 2.20. The molecule has 0 aromatic heterocycles. The Hall–Kier alpha value is -0.0800. The van der Waals surface area contributed by atoms with Crippen molar-refractivity contribution in [1.82, 2.24) is 5.32 Å². The molecule has 0 heterocycles. The Bertz CT molecular complexity index is 188. The highest BCUT2D eigenvalue weighted by atomic mass is 16.5. The van der Waals surface area contributed by atoms with E-state index in [1.54, 1.807) is 0 Å². The summed E-state index contributed by atoms with van der Waals surface area (Å²) < 4.78 is 5.92.